The van der Waals surface area contributed by atoms with Gasteiger partial charge in [-0.1, -0.05) is 6.07 Å². The summed E-state index contributed by atoms with van der Waals surface area (Å²) in [7, 11) is -2.77. The van der Waals surface area contributed by atoms with Crippen LogP contribution < -0.4 is 14.4 Å². The van der Waals surface area contributed by atoms with E-state index in [0.29, 0.717) is 34.6 Å². The fraction of sp³-hybridized carbons (Fsp3) is 0.300. The number of aromatic nitrogens is 3. The maximum absolute atomic E-state index is 14.6. The average molecular weight is 478 g/mol. The molecule has 0 radical (unpaired) electrons. The second-order valence-electron chi connectivity index (χ2n) is 6.99. The van der Waals surface area contributed by atoms with Crippen molar-refractivity contribution in [2.24, 2.45) is 0 Å². The van der Waals surface area contributed by atoms with E-state index >= 15 is 0 Å². The lowest BCUT2D eigenvalue weighted by Crippen LogP contribution is -2.25. The topological polar surface area (TPSA) is 114 Å². The van der Waals surface area contributed by atoms with Gasteiger partial charge in [0.1, 0.15) is 5.82 Å². The van der Waals surface area contributed by atoms with Gasteiger partial charge in [0.05, 0.1) is 42.5 Å². The smallest absolute Gasteiger partial charge is 0.254 e. The molecule has 0 aliphatic heterocycles. The van der Waals surface area contributed by atoms with Crippen LogP contribution in [-0.2, 0) is 17.4 Å². The number of carbonyl (C=O) groups excluding carboxylic acids is 1. The van der Waals surface area contributed by atoms with Crippen LogP contribution in [0.25, 0.3) is 11.3 Å². The number of nitrogens with zero attached hydrogens (tertiary/aromatic N) is 4. The van der Waals surface area contributed by atoms with Crippen molar-refractivity contribution in [2.75, 3.05) is 10.9 Å². The molecule has 4 rings (SSSR count). The molecule has 1 fully saturated rings. The molecule has 3 aromatic rings. The molecule has 32 heavy (non-hydrogen) atoms. The largest absolute Gasteiger partial charge is 0.477 e. The number of rotatable bonds is 9. The molecule has 168 valence electrons. The Morgan fingerprint density at radius 3 is 2.81 bits per heavy atom. The molecule has 2 aromatic heterocycles. The van der Waals surface area contributed by atoms with Crippen molar-refractivity contribution in [1.29, 1.82) is 0 Å². The molecule has 1 aromatic carbocycles. The third-order valence-electron chi connectivity index (χ3n) is 4.65. The summed E-state index contributed by atoms with van der Waals surface area (Å²) in [5.74, 6) is -0.978. The first-order chi connectivity index (χ1) is 15.5. The molecule has 9 nitrogen and oxygen atoms in total. The molecule has 0 bridgehead atoms. The second kappa shape index (κ2) is 9.57. The summed E-state index contributed by atoms with van der Waals surface area (Å²) < 4.78 is 44.1. The first-order valence-electron chi connectivity index (χ1n) is 9.87. The zero-order valence-corrected chi connectivity index (χ0v) is 18.7. The van der Waals surface area contributed by atoms with Crippen LogP contribution in [0.4, 0.5) is 9.52 Å². The molecule has 12 heteroatoms. The Labute approximate surface area is 189 Å². The molecule has 1 amide bonds. The van der Waals surface area contributed by atoms with Gasteiger partial charge in [0.25, 0.3) is 5.91 Å². The van der Waals surface area contributed by atoms with Crippen LogP contribution in [0.2, 0.25) is 0 Å². The molecular formula is C20H20FN5O4S2. The maximum atomic E-state index is 14.6. The number of nitrogens with one attached hydrogen (secondary N) is 1. The van der Waals surface area contributed by atoms with Crippen molar-refractivity contribution in [2.45, 2.75) is 32.4 Å². The predicted molar refractivity (Wildman–Crippen MR) is 118 cm³/mol. The molecule has 1 aliphatic rings. The highest BCUT2D eigenvalue weighted by molar-refractivity contribution is 7.74. The monoisotopic (exact) mass is 477 g/mol. The summed E-state index contributed by atoms with van der Waals surface area (Å²) in [6.07, 6.45) is 4.57. The second-order valence-corrected chi connectivity index (χ2v) is 8.73. The van der Waals surface area contributed by atoms with Crippen LogP contribution in [0.5, 0.6) is 5.88 Å². The Bertz CT molecular complexity index is 1200. The number of halogens is 1. The van der Waals surface area contributed by atoms with Crippen LogP contribution >= 0.6 is 11.3 Å². The van der Waals surface area contributed by atoms with Gasteiger partial charge in [-0.3, -0.25) is 9.78 Å². The molecular weight excluding hydrogens is 457 g/mol. The molecule has 0 atom stereocenters. The summed E-state index contributed by atoms with van der Waals surface area (Å²) >= 11 is 1.19. The van der Waals surface area contributed by atoms with Crippen molar-refractivity contribution in [3.63, 3.8) is 0 Å². The number of carbonyl (C=O) groups is 1. The third kappa shape index (κ3) is 5.02. The fourth-order valence-corrected chi connectivity index (χ4v) is 4.82. The summed E-state index contributed by atoms with van der Waals surface area (Å²) in [4.78, 5) is 25.0. The maximum Gasteiger partial charge on any atom is 0.254 e. The van der Waals surface area contributed by atoms with E-state index in [0.717, 1.165) is 12.8 Å². The molecule has 1 saturated carbocycles. The highest BCUT2D eigenvalue weighted by atomic mass is 32.2. The van der Waals surface area contributed by atoms with Gasteiger partial charge < -0.3 is 10.1 Å². The van der Waals surface area contributed by atoms with Gasteiger partial charge in [-0.05, 0) is 31.9 Å². The van der Waals surface area contributed by atoms with Crippen molar-refractivity contribution in [3.05, 3.63) is 53.0 Å². The Morgan fingerprint density at radius 1 is 1.31 bits per heavy atom. The van der Waals surface area contributed by atoms with E-state index in [1.54, 1.807) is 11.4 Å². The molecule has 0 unspecified atom stereocenters. The minimum atomic E-state index is -2.77. The lowest BCUT2D eigenvalue weighted by molar-refractivity contribution is 0.0946. The Hall–Kier alpha value is -3.12. The van der Waals surface area contributed by atoms with Gasteiger partial charge in [0.2, 0.25) is 16.8 Å². The number of benzene rings is 1. The number of ether oxygens (including phenoxy) is 1. The van der Waals surface area contributed by atoms with Gasteiger partial charge in [-0.2, -0.15) is 0 Å². The fourth-order valence-electron chi connectivity index (χ4n) is 2.99. The van der Waals surface area contributed by atoms with Gasteiger partial charge in [0, 0.05) is 17.0 Å². The number of thiol groups is 1. The van der Waals surface area contributed by atoms with Crippen LogP contribution in [0.1, 0.15) is 35.8 Å². The van der Waals surface area contributed by atoms with Crippen molar-refractivity contribution in [3.8, 4) is 17.1 Å². The highest BCUT2D eigenvalue weighted by Gasteiger charge is 2.33. The van der Waals surface area contributed by atoms with Gasteiger partial charge in [-0.15, -0.1) is 11.3 Å². The third-order valence-corrected chi connectivity index (χ3v) is 6.54. The van der Waals surface area contributed by atoms with Gasteiger partial charge in [0.15, 0.2) is 5.13 Å². The van der Waals surface area contributed by atoms with Crippen LogP contribution in [-0.4, -0.2) is 41.9 Å². The van der Waals surface area contributed by atoms with Crippen molar-refractivity contribution >= 4 is 33.3 Å². The molecule has 0 saturated heterocycles. The number of thiazole rings is 1. The summed E-state index contributed by atoms with van der Waals surface area (Å²) in [5.41, 5.74) is 1.26. The summed E-state index contributed by atoms with van der Waals surface area (Å²) in [6, 6.07) is 4.14. The summed E-state index contributed by atoms with van der Waals surface area (Å²) in [5, 5.41) is 4.66. The van der Waals surface area contributed by atoms with Crippen LogP contribution in [0, 0.1) is 5.82 Å². The zero-order chi connectivity index (χ0) is 22.7. The van der Waals surface area contributed by atoms with E-state index < -0.39 is 22.6 Å². The SMILES string of the molecule is CCOc1cncc(-c2ccc(C(=O)NCc3csc(N(C4CC4)[SH](=O)=O)n3)c(F)c2)n1. The standard InChI is InChI=1S/C20H20FN5O4S2/c1-2-30-18-10-22-9-17(25-18)12-3-6-15(16(21)7-12)19(27)23-8-13-11-31-20(24-13)26(32(28)29)14-4-5-14/h3,6-7,9-11,14,32H,2,4-5,8H2,1H3,(H,23,27). The minimum Gasteiger partial charge on any atom is -0.477 e. The number of hydrogen-bond donors (Lipinski definition) is 2. The highest BCUT2D eigenvalue weighted by Crippen LogP contribution is 2.33. The quantitative estimate of drug-likeness (QED) is 0.455. The van der Waals surface area contributed by atoms with Crippen LogP contribution in [0.3, 0.4) is 0 Å². The Morgan fingerprint density at radius 2 is 2.12 bits per heavy atom. The normalized spacial score (nSPS) is 13.2. The van der Waals surface area contributed by atoms with E-state index in [1.807, 2.05) is 6.92 Å². The Kier molecular flexibility index (Phi) is 6.61. The lowest BCUT2D eigenvalue weighted by atomic mass is 10.1. The van der Waals surface area contributed by atoms with Crippen LogP contribution in [0.15, 0.2) is 36.0 Å². The van der Waals surface area contributed by atoms with E-state index in [4.69, 9.17) is 4.74 Å². The molecule has 2 heterocycles. The van der Waals surface area contributed by atoms with Gasteiger partial charge >= 0.3 is 0 Å². The first kappa shape index (κ1) is 22.1. The van der Waals surface area contributed by atoms with E-state index in [1.165, 1.54) is 40.2 Å². The number of amides is 1. The van der Waals surface area contributed by atoms with Crippen molar-refractivity contribution < 1.29 is 22.3 Å². The Balaban J connectivity index is 1.42. The lowest BCUT2D eigenvalue weighted by Gasteiger charge is -2.12. The van der Waals surface area contributed by atoms with Crippen molar-refractivity contribution in [1.82, 2.24) is 20.3 Å². The minimum absolute atomic E-state index is 0.0313. The molecule has 1 aliphatic carbocycles. The van der Waals surface area contributed by atoms with Gasteiger partial charge in [-0.25, -0.2) is 27.1 Å². The van der Waals surface area contributed by atoms with E-state index in [9.17, 15) is 17.6 Å². The van der Waals surface area contributed by atoms with E-state index in [2.05, 4.69) is 20.3 Å². The number of anilines is 1. The van der Waals surface area contributed by atoms with E-state index in [-0.39, 0.29) is 18.2 Å². The zero-order valence-electron chi connectivity index (χ0n) is 17.0. The average Bonchev–Trinajstić information content (AvgIpc) is 3.49. The number of hydrogen-bond acceptors (Lipinski definition) is 8. The first-order valence-corrected chi connectivity index (χ1v) is 11.9. The summed E-state index contributed by atoms with van der Waals surface area (Å²) in [6.45, 7) is 2.30. The predicted octanol–water partition coefficient (Wildman–Crippen LogP) is 2.56. The molecule has 0 spiro atoms. The molecule has 1 N–H and O–H groups in total.